The minimum atomic E-state index is -4.19. The normalized spacial score (nSPS) is 40.1. The van der Waals surface area contributed by atoms with Gasteiger partial charge in [0.2, 0.25) is 5.91 Å². The SMILES string of the molecule is O=C1NC(O)NC12CCC(C(F)(F)F)CC2. The maximum atomic E-state index is 12.4. The van der Waals surface area contributed by atoms with E-state index < -0.39 is 29.9 Å². The van der Waals surface area contributed by atoms with E-state index >= 15 is 0 Å². The third kappa shape index (κ3) is 1.89. The zero-order valence-electron chi connectivity index (χ0n) is 8.47. The lowest BCUT2D eigenvalue weighted by Crippen LogP contribution is -2.51. The fourth-order valence-electron chi connectivity index (χ4n) is 2.43. The highest BCUT2D eigenvalue weighted by atomic mass is 19.4. The number of halogens is 3. The number of carbonyl (C=O) groups excluding carboxylic acids is 1. The Morgan fingerprint density at radius 2 is 1.88 bits per heavy atom. The molecule has 1 aliphatic carbocycles. The van der Waals surface area contributed by atoms with Gasteiger partial charge in [0, 0.05) is 0 Å². The van der Waals surface area contributed by atoms with E-state index in [0.29, 0.717) is 0 Å². The first-order valence-electron chi connectivity index (χ1n) is 5.17. The van der Waals surface area contributed by atoms with Crippen molar-refractivity contribution in [1.29, 1.82) is 0 Å². The highest BCUT2D eigenvalue weighted by molar-refractivity contribution is 5.88. The lowest BCUT2D eigenvalue weighted by atomic mass is 9.76. The van der Waals surface area contributed by atoms with Crippen molar-refractivity contribution in [3.63, 3.8) is 0 Å². The molecule has 3 N–H and O–H groups in total. The van der Waals surface area contributed by atoms with Crippen LogP contribution in [0.1, 0.15) is 25.7 Å². The number of aliphatic hydroxyl groups is 1. The molecule has 92 valence electrons. The van der Waals surface area contributed by atoms with E-state index in [-0.39, 0.29) is 25.7 Å². The standard InChI is InChI=1S/C9H13F3N2O2/c10-9(11,12)5-1-3-8(4-2-5)6(15)13-7(16)14-8/h5,7,14,16H,1-4H2,(H,13,15). The van der Waals surface area contributed by atoms with Crippen molar-refractivity contribution in [2.75, 3.05) is 0 Å². The lowest BCUT2D eigenvalue weighted by molar-refractivity contribution is -0.185. The largest absolute Gasteiger partial charge is 0.391 e. The maximum Gasteiger partial charge on any atom is 0.391 e. The molecule has 1 atom stereocenters. The van der Waals surface area contributed by atoms with Crippen molar-refractivity contribution in [2.24, 2.45) is 5.92 Å². The van der Waals surface area contributed by atoms with Crippen molar-refractivity contribution in [3.8, 4) is 0 Å². The van der Waals surface area contributed by atoms with E-state index in [4.69, 9.17) is 0 Å². The second-order valence-electron chi connectivity index (χ2n) is 4.42. The van der Waals surface area contributed by atoms with E-state index in [1.54, 1.807) is 0 Å². The van der Waals surface area contributed by atoms with Crippen LogP contribution in [0.3, 0.4) is 0 Å². The average molecular weight is 238 g/mol. The number of amides is 1. The quantitative estimate of drug-likeness (QED) is 0.575. The molecule has 2 fully saturated rings. The van der Waals surface area contributed by atoms with E-state index in [0.717, 1.165) is 0 Å². The van der Waals surface area contributed by atoms with Crippen LogP contribution >= 0.6 is 0 Å². The molecule has 1 amide bonds. The zero-order valence-corrected chi connectivity index (χ0v) is 8.47. The van der Waals surface area contributed by atoms with Gasteiger partial charge in [-0.3, -0.25) is 10.1 Å². The van der Waals surface area contributed by atoms with E-state index in [9.17, 15) is 23.1 Å². The maximum absolute atomic E-state index is 12.4. The van der Waals surface area contributed by atoms with E-state index in [2.05, 4.69) is 10.6 Å². The Hall–Kier alpha value is -0.820. The molecule has 0 aromatic heterocycles. The molecule has 1 heterocycles. The van der Waals surface area contributed by atoms with Gasteiger partial charge in [-0.25, -0.2) is 0 Å². The molecule has 1 spiro atoms. The number of hydrogen-bond donors (Lipinski definition) is 3. The molecule has 2 aliphatic rings. The smallest absolute Gasteiger partial charge is 0.361 e. The molecule has 7 heteroatoms. The summed E-state index contributed by atoms with van der Waals surface area (Å²) in [4.78, 5) is 11.5. The van der Waals surface area contributed by atoms with Gasteiger partial charge in [0.1, 0.15) is 5.54 Å². The van der Waals surface area contributed by atoms with Crippen molar-refractivity contribution in [1.82, 2.24) is 10.6 Å². The summed E-state index contributed by atoms with van der Waals surface area (Å²) in [6, 6.07) is 0. The van der Waals surface area contributed by atoms with Gasteiger partial charge in [0.05, 0.1) is 5.92 Å². The third-order valence-corrected chi connectivity index (χ3v) is 3.42. The van der Waals surface area contributed by atoms with Crippen LogP contribution in [0.15, 0.2) is 0 Å². The number of alkyl halides is 3. The zero-order chi connectivity index (χ0) is 12.0. The lowest BCUT2D eigenvalue weighted by Gasteiger charge is -2.35. The topological polar surface area (TPSA) is 61.4 Å². The van der Waals surface area contributed by atoms with Gasteiger partial charge in [0.25, 0.3) is 0 Å². The minimum absolute atomic E-state index is 0.0728. The molecule has 1 saturated heterocycles. The Morgan fingerprint density at radius 1 is 1.31 bits per heavy atom. The van der Waals surface area contributed by atoms with Gasteiger partial charge >= 0.3 is 6.18 Å². The van der Waals surface area contributed by atoms with Crippen molar-refractivity contribution in [2.45, 2.75) is 43.8 Å². The minimum Gasteiger partial charge on any atom is -0.361 e. The summed E-state index contributed by atoms with van der Waals surface area (Å²) < 4.78 is 37.3. The van der Waals surface area contributed by atoms with Crippen LogP contribution in [0.25, 0.3) is 0 Å². The number of rotatable bonds is 0. The number of carbonyl (C=O) groups is 1. The molecular formula is C9H13F3N2O2. The Morgan fingerprint density at radius 3 is 2.25 bits per heavy atom. The molecule has 1 unspecified atom stereocenters. The summed E-state index contributed by atoms with van der Waals surface area (Å²) in [5.74, 6) is -1.73. The van der Waals surface area contributed by atoms with Gasteiger partial charge in [-0.1, -0.05) is 0 Å². The van der Waals surface area contributed by atoms with Crippen LogP contribution in [-0.2, 0) is 4.79 Å². The van der Waals surface area contributed by atoms with E-state index in [1.165, 1.54) is 0 Å². The van der Waals surface area contributed by atoms with Crippen molar-refractivity contribution >= 4 is 5.91 Å². The van der Waals surface area contributed by atoms with Crippen molar-refractivity contribution in [3.05, 3.63) is 0 Å². The fourth-order valence-corrected chi connectivity index (χ4v) is 2.43. The van der Waals surface area contributed by atoms with Crippen molar-refractivity contribution < 1.29 is 23.1 Å². The second-order valence-corrected chi connectivity index (χ2v) is 4.42. The molecule has 0 aromatic rings. The molecule has 0 radical (unpaired) electrons. The Bertz CT molecular complexity index is 298. The van der Waals surface area contributed by atoms with Gasteiger partial charge in [-0.05, 0) is 25.7 Å². The van der Waals surface area contributed by atoms with Crippen LogP contribution < -0.4 is 10.6 Å². The van der Waals surface area contributed by atoms with E-state index in [1.807, 2.05) is 0 Å². The van der Waals surface area contributed by atoms with Gasteiger partial charge in [0.15, 0.2) is 6.35 Å². The molecule has 16 heavy (non-hydrogen) atoms. The molecule has 1 saturated carbocycles. The summed E-state index contributed by atoms with van der Waals surface area (Å²) in [7, 11) is 0. The predicted molar refractivity (Wildman–Crippen MR) is 48.0 cm³/mol. The van der Waals surface area contributed by atoms with Gasteiger partial charge in [-0.15, -0.1) is 0 Å². The van der Waals surface area contributed by atoms with Crippen LogP contribution in [0.2, 0.25) is 0 Å². The molecule has 1 aliphatic heterocycles. The number of nitrogens with one attached hydrogen (secondary N) is 2. The first-order chi connectivity index (χ1) is 7.33. The monoisotopic (exact) mass is 238 g/mol. The third-order valence-electron chi connectivity index (χ3n) is 3.42. The molecule has 4 nitrogen and oxygen atoms in total. The Balaban J connectivity index is 2.02. The van der Waals surface area contributed by atoms with Crippen LogP contribution in [0.4, 0.5) is 13.2 Å². The second kappa shape index (κ2) is 3.59. The predicted octanol–water partition coefficient (Wildman–Crippen LogP) is 0.473. The Kier molecular flexibility index (Phi) is 2.62. The highest BCUT2D eigenvalue weighted by Gasteiger charge is 2.52. The molecule has 0 aromatic carbocycles. The first-order valence-corrected chi connectivity index (χ1v) is 5.17. The van der Waals surface area contributed by atoms with Gasteiger partial charge < -0.3 is 10.4 Å². The summed E-state index contributed by atoms with van der Waals surface area (Å²) in [5, 5.41) is 14.1. The molecule has 0 bridgehead atoms. The van der Waals surface area contributed by atoms with Gasteiger partial charge in [-0.2, -0.15) is 13.2 Å². The summed E-state index contributed by atoms with van der Waals surface area (Å²) in [5.41, 5.74) is -0.999. The van der Waals surface area contributed by atoms with Crippen LogP contribution in [0.5, 0.6) is 0 Å². The first kappa shape index (κ1) is 11.7. The molecule has 2 rings (SSSR count). The summed E-state index contributed by atoms with van der Waals surface area (Å²) in [6.07, 6.45) is -5.25. The number of aliphatic hydroxyl groups excluding tert-OH is 1. The average Bonchev–Trinajstić information content (AvgIpc) is 2.41. The van der Waals surface area contributed by atoms with Crippen LogP contribution in [-0.4, -0.2) is 29.1 Å². The highest BCUT2D eigenvalue weighted by Crippen LogP contribution is 2.42. The van der Waals surface area contributed by atoms with Crippen LogP contribution in [0, 0.1) is 5.92 Å². The summed E-state index contributed by atoms with van der Waals surface area (Å²) in [6.45, 7) is 0. The summed E-state index contributed by atoms with van der Waals surface area (Å²) >= 11 is 0. The number of hydrogen-bond acceptors (Lipinski definition) is 3. The fraction of sp³-hybridized carbons (Fsp3) is 0.889. The molecular weight excluding hydrogens is 225 g/mol. The Labute approximate surface area is 90.2 Å².